The van der Waals surface area contributed by atoms with Crippen molar-refractivity contribution in [2.24, 2.45) is 17.8 Å². The molecule has 3 aromatic rings. The Balaban J connectivity index is 1.51. The first-order valence-electron chi connectivity index (χ1n) is 17.2. The van der Waals surface area contributed by atoms with E-state index in [1.54, 1.807) is 0 Å². The first-order chi connectivity index (χ1) is 22.7. The number of fused-ring (bicyclic) bond motifs is 1. The minimum atomic E-state index is -1.37. The molecule has 0 bridgehead atoms. The van der Waals surface area contributed by atoms with E-state index in [4.69, 9.17) is 26.3 Å². The van der Waals surface area contributed by atoms with E-state index in [0.717, 1.165) is 61.7 Å². The molecule has 5 rings (SSSR count). The highest BCUT2D eigenvalue weighted by molar-refractivity contribution is 6.33. The fraction of sp³-hybridized carbons (Fsp3) is 0.568. The van der Waals surface area contributed by atoms with E-state index in [9.17, 15) is 14.7 Å². The molecule has 2 aliphatic rings. The third-order valence-corrected chi connectivity index (χ3v) is 10.5. The summed E-state index contributed by atoms with van der Waals surface area (Å²) in [4.78, 5) is 37.7. The second kappa shape index (κ2) is 15.8. The highest BCUT2D eigenvalue weighted by Crippen LogP contribution is 2.46. The average Bonchev–Trinajstić information content (AvgIpc) is 3.09. The van der Waals surface area contributed by atoms with Crippen molar-refractivity contribution in [1.82, 2.24) is 25.5 Å². The Morgan fingerprint density at radius 3 is 2.57 bits per heavy atom. The Bertz CT molecular complexity index is 1540. The van der Waals surface area contributed by atoms with Crippen LogP contribution in [0.2, 0.25) is 5.02 Å². The largest absolute Gasteiger partial charge is 0.453 e. The Morgan fingerprint density at radius 2 is 1.85 bits per heavy atom. The number of aliphatic hydroxyl groups is 1. The highest BCUT2D eigenvalue weighted by Gasteiger charge is 2.44. The number of aromatic nitrogens is 2. The Labute approximate surface area is 283 Å². The molecule has 1 aliphatic carbocycles. The average molecular weight is 664 g/mol. The van der Waals surface area contributed by atoms with Crippen LogP contribution in [-0.2, 0) is 15.1 Å². The molecule has 1 saturated heterocycles. The smallest absolute Gasteiger partial charge is 0.406 e. The Kier molecular flexibility index (Phi) is 11.7. The molecular formula is C37H50ClN5O4. The number of hydrogen-bond acceptors (Lipinski definition) is 7. The third kappa shape index (κ3) is 7.90. The van der Waals surface area contributed by atoms with Gasteiger partial charge in [0.25, 0.3) is 0 Å². The van der Waals surface area contributed by atoms with Crippen molar-refractivity contribution >= 4 is 34.5 Å². The minimum Gasteiger partial charge on any atom is -0.453 e. The van der Waals surface area contributed by atoms with Gasteiger partial charge in [-0.15, -0.1) is 0 Å². The van der Waals surface area contributed by atoms with E-state index in [2.05, 4.69) is 24.5 Å². The molecule has 9 nitrogen and oxygen atoms in total. The van der Waals surface area contributed by atoms with Crippen molar-refractivity contribution in [3.05, 3.63) is 58.7 Å². The summed E-state index contributed by atoms with van der Waals surface area (Å²) in [6, 6.07) is 13.6. The van der Waals surface area contributed by atoms with Gasteiger partial charge in [0.1, 0.15) is 0 Å². The molecule has 254 valence electrons. The standard InChI is InChI=1S/C37H50ClN5O4/c1-24(2)33-28-11-5-6-14-31(28)41-34(42-33)32-29(12-7-13-30(32)38)37(46,19-9-20-40-36(45)47-4)27-10-8-21-43(23-27)35(44)26-17-15-25(16-18-26)22-39-3/h5-7,11-14,24-27,39,46H,8-10,15-23H2,1-4H3,(H,40,45)/t25?,26?,27-,37+/m1/s1. The fourth-order valence-electron chi connectivity index (χ4n) is 7.67. The molecule has 2 aromatic carbocycles. The summed E-state index contributed by atoms with van der Waals surface area (Å²) in [5.74, 6) is 1.22. The van der Waals surface area contributed by atoms with Crippen LogP contribution >= 0.6 is 11.6 Å². The van der Waals surface area contributed by atoms with E-state index in [0.29, 0.717) is 60.4 Å². The van der Waals surface area contributed by atoms with Gasteiger partial charge in [-0.3, -0.25) is 4.79 Å². The van der Waals surface area contributed by atoms with Crippen LogP contribution in [0.25, 0.3) is 22.3 Å². The maximum atomic E-state index is 13.9. The molecule has 2 amide bonds. The van der Waals surface area contributed by atoms with Crippen molar-refractivity contribution in [1.29, 1.82) is 0 Å². The number of piperidine rings is 1. The van der Waals surface area contributed by atoms with Crippen molar-refractivity contribution in [3.8, 4) is 11.4 Å². The number of carbonyl (C=O) groups excluding carboxylic acids is 2. The predicted octanol–water partition coefficient (Wildman–Crippen LogP) is 6.66. The van der Waals surface area contributed by atoms with Gasteiger partial charge in [0.15, 0.2) is 5.82 Å². The molecule has 2 atom stereocenters. The number of nitrogens with zero attached hydrogens (tertiary/aromatic N) is 3. The lowest BCUT2D eigenvalue weighted by Gasteiger charge is -2.44. The normalized spacial score (nSPS) is 21.4. The van der Waals surface area contributed by atoms with Crippen molar-refractivity contribution in [2.75, 3.05) is 40.3 Å². The topological polar surface area (TPSA) is 117 Å². The molecule has 1 aliphatic heterocycles. The van der Waals surface area contributed by atoms with E-state index >= 15 is 0 Å². The molecule has 47 heavy (non-hydrogen) atoms. The zero-order valence-electron chi connectivity index (χ0n) is 28.2. The number of rotatable bonds is 11. The van der Waals surface area contributed by atoms with Gasteiger partial charge in [0, 0.05) is 42.4 Å². The van der Waals surface area contributed by atoms with Crippen LogP contribution in [0, 0.1) is 17.8 Å². The zero-order valence-corrected chi connectivity index (χ0v) is 29.0. The van der Waals surface area contributed by atoms with Crippen LogP contribution in [0.3, 0.4) is 0 Å². The highest BCUT2D eigenvalue weighted by atomic mass is 35.5. The van der Waals surface area contributed by atoms with Crippen molar-refractivity contribution in [2.45, 2.75) is 76.7 Å². The van der Waals surface area contributed by atoms with Crippen molar-refractivity contribution in [3.63, 3.8) is 0 Å². The summed E-state index contributed by atoms with van der Waals surface area (Å²) in [5.41, 5.74) is 1.63. The van der Waals surface area contributed by atoms with Crippen LogP contribution in [0.1, 0.15) is 82.4 Å². The maximum Gasteiger partial charge on any atom is 0.406 e. The zero-order chi connectivity index (χ0) is 33.6. The van der Waals surface area contributed by atoms with Crippen LogP contribution in [0.4, 0.5) is 4.79 Å². The summed E-state index contributed by atoms with van der Waals surface area (Å²) in [7, 11) is 3.32. The molecule has 2 heterocycles. The second-order valence-electron chi connectivity index (χ2n) is 13.6. The van der Waals surface area contributed by atoms with E-state index in [1.165, 1.54) is 7.11 Å². The quantitative estimate of drug-likeness (QED) is 0.196. The number of alkyl carbamates (subject to hydrolysis) is 1. The summed E-state index contributed by atoms with van der Waals surface area (Å²) in [6.45, 7) is 6.69. The molecule has 0 radical (unpaired) electrons. The van der Waals surface area contributed by atoms with Gasteiger partial charge in [-0.1, -0.05) is 55.8 Å². The number of methoxy groups -OCH3 is 1. The summed E-state index contributed by atoms with van der Waals surface area (Å²) >= 11 is 6.99. The molecule has 0 spiro atoms. The van der Waals surface area contributed by atoms with Crippen LogP contribution in [-0.4, -0.2) is 72.3 Å². The number of benzene rings is 2. The van der Waals surface area contributed by atoms with Gasteiger partial charge in [0.2, 0.25) is 5.91 Å². The van der Waals surface area contributed by atoms with Gasteiger partial charge < -0.3 is 25.4 Å². The van der Waals surface area contributed by atoms with Gasteiger partial charge >= 0.3 is 6.09 Å². The molecule has 1 aromatic heterocycles. The Hall–Kier alpha value is -3.27. The van der Waals surface area contributed by atoms with Gasteiger partial charge in [-0.25, -0.2) is 14.8 Å². The van der Waals surface area contributed by atoms with Crippen LogP contribution < -0.4 is 10.6 Å². The number of carbonyl (C=O) groups is 2. The van der Waals surface area contributed by atoms with E-state index < -0.39 is 11.7 Å². The van der Waals surface area contributed by atoms with Gasteiger partial charge in [-0.05, 0) is 94.5 Å². The second-order valence-corrected chi connectivity index (χ2v) is 14.0. The first kappa shape index (κ1) is 35.0. The fourth-order valence-corrected chi connectivity index (χ4v) is 7.93. The lowest BCUT2D eigenvalue weighted by atomic mass is 9.72. The number of amides is 2. The number of halogens is 1. The summed E-state index contributed by atoms with van der Waals surface area (Å²) in [6.07, 6.45) is 5.81. The monoisotopic (exact) mass is 663 g/mol. The van der Waals surface area contributed by atoms with Gasteiger partial charge in [-0.2, -0.15) is 0 Å². The number of hydrogen-bond donors (Lipinski definition) is 3. The number of nitrogens with one attached hydrogen (secondary N) is 2. The maximum absolute atomic E-state index is 13.9. The molecule has 1 saturated carbocycles. The minimum absolute atomic E-state index is 0.0291. The summed E-state index contributed by atoms with van der Waals surface area (Å²) < 4.78 is 4.77. The number of para-hydroxylation sites is 1. The predicted molar refractivity (Wildman–Crippen MR) is 186 cm³/mol. The Morgan fingerprint density at radius 1 is 1.09 bits per heavy atom. The van der Waals surface area contributed by atoms with E-state index in [-0.39, 0.29) is 23.7 Å². The lowest BCUT2D eigenvalue weighted by Crippen LogP contribution is -2.50. The van der Waals surface area contributed by atoms with E-state index in [1.807, 2.05) is 54.4 Å². The molecule has 3 N–H and O–H groups in total. The first-order valence-corrected chi connectivity index (χ1v) is 17.6. The SMILES string of the molecule is CNCC1CCC(C(=O)N2CCC[C@@H]([C@@](O)(CCCNC(=O)OC)c3cccc(Cl)c3-c3nc(C(C)C)c4ccccc4n3)C2)CC1. The molecule has 2 fully saturated rings. The molecular weight excluding hydrogens is 614 g/mol. The molecule has 0 unspecified atom stereocenters. The lowest BCUT2D eigenvalue weighted by molar-refractivity contribution is -0.142. The van der Waals surface area contributed by atoms with Crippen LogP contribution in [0.5, 0.6) is 0 Å². The van der Waals surface area contributed by atoms with Crippen LogP contribution in [0.15, 0.2) is 42.5 Å². The van der Waals surface area contributed by atoms with Crippen molar-refractivity contribution < 1.29 is 19.4 Å². The third-order valence-electron chi connectivity index (χ3n) is 10.2. The molecule has 10 heteroatoms. The number of ether oxygens (including phenoxy) is 1. The van der Waals surface area contributed by atoms with Gasteiger partial charge in [0.05, 0.1) is 28.9 Å². The summed E-state index contributed by atoms with van der Waals surface area (Å²) in [5, 5.41) is 20.5. The number of likely N-dealkylation sites (tertiary alicyclic amines) is 1.